The fourth-order valence-electron chi connectivity index (χ4n) is 3.34. The number of urea groups is 1. The van der Waals surface area contributed by atoms with E-state index in [1.807, 2.05) is 19.9 Å². The van der Waals surface area contributed by atoms with Crippen LogP contribution in [-0.2, 0) is 6.18 Å². The summed E-state index contributed by atoms with van der Waals surface area (Å²) >= 11 is 0. The molecule has 4 aromatic rings. The molecule has 0 radical (unpaired) electrons. The number of alkyl halides is 3. The first-order valence-corrected chi connectivity index (χ1v) is 10.5. The van der Waals surface area contributed by atoms with E-state index in [9.17, 15) is 18.0 Å². The average Bonchev–Trinajstić information content (AvgIpc) is 3.12. The van der Waals surface area contributed by atoms with Gasteiger partial charge in [-0.25, -0.2) is 14.5 Å². The van der Waals surface area contributed by atoms with E-state index < -0.39 is 17.8 Å². The smallest absolute Gasteiger partial charge is 0.416 e. The fraction of sp³-hybridized carbons (Fsp3) is 0.167. The van der Waals surface area contributed by atoms with Gasteiger partial charge < -0.3 is 15.4 Å². The largest absolute Gasteiger partial charge is 0.439 e. The van der Waals surface area contributed by atoms with Crippen molar-refractivity contribution < 1.29 is 22.7 Å². The Morgan fingerprint density at radius 3 is 2.29 bits per heavy atom. The number of aromatic nitrogens is 4. The van der Waals surface area contributed by atoms with Crippen LogP contribution in [0, 0.1) is 20.8 Å². The summed E-state index contributed by atoms with van der Waals surface area (Å²) in [5, 5.41) is 9.37. The van der Waals surface area contributed by atoms with Crippen LogP contribution >= 0.6 is 0 Å². The number of nitrogens with one attached hydrogen (secondary N) is 2. The Balaban J connectivity index is 1.42. The highest BCUT2D eigenvalue weighted by Crippen LogP contribution is 2.30. The monoisotopic (exact) mass is 482 g/mol. The molecule has 0 atom stereocenters. The van der Waals surface area contributed by atoms with Crippen LogP contribution < -0.4 is 15.4 Å². The number of hydrogen-bond acceptors (Lipinski definition) is 5. The zero-order valence-electron chi connectivity index (χ0n) is 19.0. The van der Waals surface area contributed by atoms with Gasteiger partial charge in [-0.3, -0.25) is 0 Å². The topological polar surface area (TPSA) is 94.0 Å². The van der Waals surface area contributed by atoms with Crippen LogP contribution in [0.2, 0.25) is 0 Å². The van der Waals surface area contributed by atoms with E-state index in [2.05, 4.69) is 25.7 Å². The third kappa shape index (κ3) is 5.94. The first kappa shape index (κ1) is 23.7. The molecule has 0 aliphatic rings. The molecule has 8 nitrogen and oxygen atoms in total. The molecule has 4 rings (SSSR count). The highest BCUT2D eigenvalue weighted by Gasteiger charge is 2.30. The summed E-state index contributed by atoms with van der Waals surface area (Å²) in [7, 11) is 0. The maximum absolute atomic E-state index is 12.8. The summed E-state index contributed by atoms with van der Waals surface area (Å²) in [6, 6.07) is 13.7. The van der Waals surface area contributed by atoms with Gasteiger partial charge in [0, 0.05) is 23.1 Å². The van der Waals surface area contributed by atoms with Crippen molar-refractivity contribution in [3.05, 3.63) is 83.4 Å². The van der Waals surface area contributed by atoms with Gasteiger partial charge in [-0.05, 0) is 69.3 Å². The number of anilines is 2. The number of hydrogen-bond donors (Lipinski definition) is 2. The number of carbonyl (C=O) groups excluding carboxylic acids is 1. The lowest BCUT2D eigenvalue weighted by Crippen LogP contribution is -2.19. The molecule has 2 amide bonds. The summed E-state index contributed by atoms with van der Waals surface area (Å²) in [4.78, 5) is 20.9. The first-order valence-electron chi connectivity index (χ1n) is 10.5. The van der Waals surface area contributed by atoms with E-state index >= 15 is 0 Å². The van der Waals surface area contributed by atoms with Crippen LogP contribution in [0.15, 0.2) is 60.7 Å². The van der Waals surface area contributed by atoms with Gasteiger partial charge in [0.25, 0.3) is 0 Å². The van der Waals surface area contributed by atoms with Gasteiger partial charge in [0.15, 0.2) is 5.82 Å². The maximum atomic E-state index is 12.8. The molecule has 0 fully saturated rings. The Morgan fingerprint density at radius 2 is 1.63 bits per heavy atom. The second-order valence-electron chi connectivity index (χ2n) is 7.73. The molecule has 11 heteroatoms. The van der Waals surface area contributed by atoms with Crippen LogP contribution in [0.3, 0.4) is 0 Å². The lowest BCUT2D eigenvalue weighted by molar-refractivity contribution is -0.137. The van der Waals surface area contributed by atoms with Crippen molar-refractivity contribution in [3.8, 4) is 17.4 Å². The molecule has 0 saturated carbocycles. The SMILES string of the molecule is Cc1cc(C)n(-c2cc(Oc3ccc(NC(=O)Nc4cccc(C(F)(F)F)c4)cc3)nc(C)n2)n1. The molecule has 0 bridgehead atoms. The van der Waals surface area contributed by atoms with E-state index in [1.165, 1.54) is 12.1 Å². The minimum Gasteiger partial charge on any atom is -0.439 e. The molecular formula is C24H21F3N6O2. The lowest BCUT2D eigenvalue weighted by atomic mass is 10.2. The van der Waals surface area contributed by atoms with E-state index in [4.69, 9.17) is 4.74 Å². The third-order valence-electron chi connectivity index (χ3n) is 4.81. The minimum atomic E-state index is -4.50. The molecule has 0 spiro atoms. The molecule has 0 aliphatic carbocycles. The number of aryl methyl sites for hydroxylation is 3. The zero-order chi connectivity index (χ0) is 25.2. The van der Waals surface area contributed by atoms with Crippen molar-refractivity contribution in [1.82, 2.24) is 19.7 Å². The second-order valence-corrected chi connectivity index (χ2v) is 7.73. The lowest BCUT2D eigenvalue weighted by Gasteiger charge is -2.11. The van der Waals surface area contributed by atoms with Crippen LogP contribution in [0.1, 0.15) is 22.8 Å². The number of rotatable bonds is 5. The van der Waals surface area contributed by atoms with E-state index in [0.29, 0.717) is 29.0 Å². The summed E-state index contributed by atoms with van der Waals surface area (Å²) in [6.07, 6.45) is -4.50. The molecule has 0 unspecified atom stereocenters. The Bertz CT molecular complexity index is 1370. The van der Waals surface area contributed by atoms with Gasteiger partial charge in [0.05, 0.1) is 11.3 Å². The van der Waals surface area contributed by atoms with Gasteiger partial charge in [0.1, 0.15) is 11.6 Å². The van der Waals surface area contributed by atoms with E-state index in [-0.39, 0.29) is 5.69 Å². The summed E-state index contributed by atoms with van der Waals surface area (Å²) < 4.78 is 46.1. The summed E-state index contributed by atoms with van der Waals surface area (Å²) in [5.41, 5.74) is 1.38. The zero-order valence-corrected chi connectivity index (χ0v) is 19.0. The van der Waals surface area contributed by atoms with Crippen LogP contribution in [0.4, 0.5) is 29.3 Å². The number of carbonyl (C=O) groups is 1. The van der Waals surface area contributed by atoms with Crippen molar-refractivity contribution in [1.29, 1.82) is 0 Å². The molecule has 2 heterocycles. The molecule has 0 aliphatic heterocycles. The number of benzene rings is 2. The van der Waals surface area contributed by atoms with E-state index in [0.717, 1.165) is 23.5 Å². The van der Waals surface area contributed by atoms with Crippen molar-refractivity contribution >= 4 is 17.4 Å². The number of amides is 2. The minimum absolute atomic E-state index is 0.0230. The predicted octanol–water partition coefficient (Wildman–Crippen LogP) is 6.04. The molecule has 0 saturated heterocycles. The van der Waals surface area contributed by atoms with Gasteiger partial charge in [-0.1, -0.05) is 6.07 Å². The Kier molecular flexibility index (Phi) is 6.41. The van der Waals surface area contributed by atoms with Gasteiger partial charge in [-0.2, -0.15) is 23.3 Å². The molecular weight excluding hydrogens is 461 g/mol. The van der Waals surface area contributed by atoms with Crippen molar-refractivity contribution in [2.45, 2.75) is 26.9 Å². The van der Waals surface area contributed by atoms with Crippen LogP contribution in [0.5, 0.6) is 11.6 Å². The standard InChI is InChI=1S/C24H21F3N6O2/c1-14-11-15(2)33(32-14)21-13-22(29-16(3)28-21)35-20-9-7-18(8-10-20)30-23(34)31-19-6-4-5-17(12-19)24(25,26)27/h4-13H,1-3H3,(H2,30,31,34). The number of halogens is 3. The van der Waals surface area contributed by atoms with Gasteiger partial charge >= 0.3 is 12.2 Å². The number of nitrogens with zero attached hydrogens (tertiary/aromatic N) is 4. The second kappa shape index (κ2) is 9.45. The Labute approximate surface area is 198 Å². The normalized spacial score (nSPS) is 11.3. The number of ether oxygens (including phenoxy) is 1. The van der Waals surface area contributed by atoms with Crippen LogP contribution in [-0.4, -0.2) is 25.8 Å². The van der Waals surface area contributed by atoms with Crippen molar-refractivity contribution in [3.63, 3.8) is 0 Å². The Morgan fingerprint density at radius 1 is 0.914 bits per heavy atom. The first-order chi connectivity index (χ1) is 16.6. The maximum Gasteiger partial charge on any atom is 0.416 e. The van der Waals surface area contributed by atoms with Gasteiger partial charge in [-0.15, -0.1) is 0 Å². The highest BCUT2D eigenvalue weighted by atomic mass is 19.4. The van der Waals surface area contributed by atoms with Crippen LogP contribution in [0.25, 0.3) is 5.82 Å². The third-order valence-corrected chi connectivity index (χ3v) is 4.81. The van der Waals surface area contributed by atoms with Gasteiger partial charge in [0.2, 0.25) is 5.88 Å². The molecule has 2 aromatic carbocycles. The molecule has 35 heavy (non-hydrogen) atoms. The van der Waals surface area contributed by atoms with E-state index in [1.54, 1.807) is 41.9 Å². The Hall–Kier alpha value is -4.41. The van der Waals surface area contributed by atoms with Crippen molar-refractivity contribution in [2.75, 3.05) is 10.6 Å². The fourth-order valence-corrected chi connectivity index (χ4v) is 3.34. The van der Waals surface area contributed by atoms with Crippen molar-refractivity contribution in [2.24, 2.45) is 0 Å². The highest BCUT2D eigenvalue weighted by molar-refractivity contribution is 5.99. The average molecular weight is 482 g/mol. The summed E-state index contributed by atoms with van der Waals surface area (Å²) in [6.45, 7) is 5.56. The summed E-state index contributed by atoms with van der Waals surface area (Å²) in [5.74, 6) is 1.87. The molecule has 2 N–H and O–H groups in total. The molecule has 2 aromatic heterocycles. The predicted molar refractivity (Wildman–Crippen MR) is 124 cm³/mol. The molecule has 180 valence electrons. The quantitative estimate of drug-likeness (QED) is 0.362.